The van der Waals surface area contributed by atoms with Gasteiger partial charge in [0.25, 0.3) is 0 Å². The number of sulfonamides is 1. The molecule has 0 aliphatic heterocycles. The molecule has 0 radical (unpaired) electrons. The van der Waals surface area contributed by atoms with Gasteiger partial charge in [0, 0.05) is 0 Å². The van der Waals surface area contributed by atoms with Gasteiger partial charge in [-0.15, -0.1) is 0 Å². The van der Waals surface area contributed by atoms with Crippen LogP contribution in [-0.2, 0) is 16.4 Å². The maximum atomic E-state index is 11.4. The minimum atomic E-state index is -3.87. The highest BCUT2D eigenvalue weighted by Crippen LogP contribution is 2.29. The Morgan fingerprint density at radius 1 is 1.38 bits per heavy atom. The highest BCUT2D eigenvalue weighted by Gasteiger charge is 2.20. The van der Waals surface area contributed by atoms with Crippen LogP contribution >= 0.6 is 0 Å². The molecule has 1 rings (SSSR count). The summed E-state index contributed by atoms with van der Waals surface area (Å²) < 4.78 is 22.8. The minimum Gasteiger partial charge on any atom is -0.506 e. The van der Waals surface area contributed by atoms with Crippen molar-refractivity contribution in [2.75, 3.05) is 0 Å². The van der Waals surface area contributed by atoms with Gasteiger partial charge < -0.3 is 5.11 Å². The second-order valence-electron chi connectivity index (χ2n) is 3.87. The third-order valence-electron chi connectivity index (χ3n) is 2.50. The average molecular weight is 243 g/mol. The predicted octanol–water partition coefficient (Wildman–Crippen LogP) is 1.69. The molecule has 0 aliphatic carbocycles. The van der Waals surface area contributed by atoms with Gasteiger partial charge in [0.2, 0.25) is 10.0 Å². The number of primary sulfonamides is 1. The molecule has 0 aromatic heterocycles. The van der Waals surface area contributed by atoms with Crippen LogP contribution in [-0.4, -0.2) is 13.5 Å². The third-order valence-corrected chi connectivity index (χ3v) is 3.52. The normalized spacial score (nSPS) is 11.7. The molecule has 0 spiro atoms. The summed E-state index contributed by atoms with van der Waals surface area (Å²) in [6.07, 6.45) is 2.43. The van der Waals surface area contributed by atoms with Gasteiger partial charge >= 0.3 is 0 Å². The van der Waals surface area contributed by atoms with E-state index >= 15 is 0 Å². The van der Waals surface area contributed by atoms with Crippen molar-refractivity contribution in [1.82, 2.24) is 0 Å². The first-order chi connectivity index (χ1) is 7.38. The van der Waals surface area contributed by atoms with E-state index in [0.29, 0.717) is 17.5 Å². The maximum Gasteiger partial charge on any atom is 0.242 e. The second-order valence-corrected chi connectivity index (χ2v) is 5.37. The lowest BCUT2D eigenvalue weighted by molar-refractivity contribution is 0.452. The Morgan fingerprint density at radius 3 is 2.50 bits per heavy atom. The molecule has 0 amide bonds. The number of phenols is 1. The first-order valence-electron chi connectivity index (χ1n) is 5.22. The van der Waals surface area contributed by atoms with Crippen molar-refractivity contribution < 1.29 is 13.5 Å². The summed E-state index contributed by atoms with van der Waals surface area (Å²) in [4.78, 5) is -0.124. The van der Waals surface area contributed by atoms with Gasteiger partial charge in [-0.3, -0.25) is 0 Å². The lowest BCUT2D eigenvalue weighted by atomic mass is 10.1. The number of aromatic hydroxyl groups is 1. The Hall–Kier alpha value is -1.07. The van der Waals surface area contributed by atoms with E-state index in [1.54, 1.807) is 19.1 Å². The molecule has 0 fully saturated rings. The van der Waals surface area contributed by atoms with Crippen LogP contribution in [0.25, 0.3) is 0 Å². The Balaban J connectivity index is 3.34. The maximum absolute atomic E-state index is 11.4. The number of rotatable bonds is 4. The van der Waals surface area contributed by atoms with E-state index in [1.807, 2.05) is 6.92 Å². The number of aryl methyl sites for hydroxylation is 2. The molecule has 1 aromatic carbocycles. The molecule has 5 heteroatoms. The zero-order valence-electron chi connectivity index (χ0n) is 9.53. The van der Waals surface area contributed by atoms with Crippen LogP contribution in [0.2, 0.25) is 0 Å². The lowest BCUT2D eigenvalue weighted by Gasteiger charge is -2.11. The van der Waals surface area contributed by atoms with E-state index < -0.39 is 10.0 Å². The number of unbranched alkanes of at least 4 members (excludes halogenated alkanes) is 1. The molecule has 0 aliphatic rings. The van der Waals surface area contributed by atoms with E-state index in [1.165, 1.54) is 0 Å². The van der Waals surface area contributed by atoms with Crippen molar-refractivity contribution in [1.29, 1.82) is 0 Å². The summed E-state index contributed by atoms with van der Waals surface area (Å²) in [5.41, 5.74) is 1.11. The van der Waals surface area contributed by atoms with Crippen LogP contribution in [0, 0.1) is 6.92 Å². The van der Waals surface area contributed by atoms with Crippen LogP contribution in [0.15, 0.2) is 17.0 Å². The van der Waals surface area contributed by atoms with E-state index in [9.17, 15) is 13.5 Å². The molecule has 4 nitrogen and oxygen atoms in total. The van der Waals surface area contributed by atoms with Crippen molar-refractivity contribution >= 4 is 10.0 Å². The van der Waals surface area contributed by atoms with Crippen LogP contribution in [0.3, 0.4) is 0 Å². The highest BCUT2D eigenvalue weighted by molar-refractivity contribution is 7.89. The molecule has 3 N–H and O–H groups in total. The minimum absolute atomic E-state index is 0.124. The van der Waals surface area contributed by atoms with Crippen LogP contribution in [0.1, 0.15) is 30.9 Å². The smallest absolute Gasteiger partial charge is 0.242 e. The van der Waals surface area contributed by atoms with Gasteiger partial charge in [-0.1, -0.05) is 25.5 Å². The molecular formula is C11H17NO3S. The summed E-state index contributed by atoms with van der Waals surface area (Å²) in [5.74, 6) is -0.226. The van der Waals surface area contributed by atoms with Gasteiger partial charge in [-0.2, -0.15) is 0 Å². The predicted molar refractivity (Wildman–Crippen MR) is 62.8 cm³/mol. The van der Waals surface area contributed by atoms with E-state index in [0.717, 1.165) is 12.8 Å². The Labute approximate surface area is 96.2 Å². The van der Waals surface area contributed by atoms with Crippen LogP contribution < -0.4 is 5.14 Å². The molecule has 16 heavy (non-hydrogen) atoms. The number of benzene rings is 1. The van der Waals surface area contributed by atoms with Gasteiger partial charge in [0.15, 0.2) is 0 Å². The summed E-state index contributed by atoms with van der Waals surface area (Å²) in [5, 5.41) is 14.9. The fourth-order valence-electron chi connectivity index (χ4n) is 1.59. The standard InChI is InChI=1S/C11H17NO3S/c1-3-4-5-9-7-6-8(2)10(13)11(9)16(12,14)15/h6-7,13H,3-5H2,1-2H3,(H2,12,14,15). The number of hydrogen-bond acceptors (Lipinski definition) is 3. The molecule has 0 bridgehead atoms. The largest absolute Gasteiger partial charge is 0.506 e. The summed E-state index contributed by atoms with van der Waals surface area (Å²) in [6.45, 7) is 3.66. The molecule has 0 saturated carbocycles. The molecule has 0 saturated heterocycles. The molecular weight excluding hydrogens is 226 g/mol. The summed E-state index contributed by atoms with van der Waals surface area (Å²) in [7, 11) is -3.87. The van der Waals surface area contributed by atoms with Crippen LogP contribution in [0.5, 0.6) is 5.75 Å². The monoisotopic (exact) mass is 243 g/mol. The first-order valence-corrected chi connectivity index (χ1v) is 6.76. The molecule has 0 unspecified atom stereocenters. The summed E-state index contributed by atoms with van der Waals surface area (Å²) in [6, 6.07) is 3.42. The lowest BCUT2D eigenvalue weighted by Crippen LogP contribution is -2.15. The SMILES string of the molecule is CCCCc1ccc(C)c(O)c1S(N)(=O)=O. The molecule has 90 valence electrons. The van der Waals surface area contributed by atoms with Crippen molar-refractivity contribution in [3.8, 4) is 5.75 Å². The zero-order valence-corrected chi connectivity index (χ0v) is 10.3. The highest BCUT2D eigenvalue weighted by atomic mass is 32.2. The first kappa shape index (κ1) is 13.0. The zero-order chi connectivity index (χ0) is 12.3. The Kier molecular flexibility index (Phi) is 3.93. The second kappa shape index (κ2) is 4.84. The van der Waals surface area contributed by atoms with Gasteiger partial charge in [0.1, 0.15) is 10.6 Å². The fourth-order valence-corrected chi connectivity index (χ4v) is 2.56. The number of nitrogens with two attached hydrogens (primary N) is 1. The number of phenolic OH excluding ortho intramolecular Hbond substituents is 1. The fraction of sp³-hybridized carbons (Fsp3) is 0.455. The topological polar surface area (TPSA) is 80.4 Å². The van der Waals surface area contributed by atoms with Gasteiger partial charge in [0.05, 0.1) is 0 Å². The molecule has 0 heterocycles. The molecule has 1 aromatic rings. The van der Waals surface area contributed by atoms with Crippen molar-refractivity contribution in [3.63, 3.8) is 0 Å². The quantitative estimate of drug-likeness (QED) is 0.844. The van der Waals surface area contributed by atoms with E-state index in [4.69, 9.17) is 5.14 Å². The van der Waals surface area contributed by atoms with Crippen LogP contribution in [0.4, 0.5) is 0 Å². The van der Waals surface area contributed by atoms with Gasteiger partial charge in [-0.25, -0.2) is 13.6 Å². The Morgan fingerprint density at radius 2 is 2.00 bits per heavy atom. The Bertz CT molecular complexity index is 480. The third kappa shape index (κ3) is 2.74. The van der Waals surface area contributed by atoms with Crippen molar-refractivity contribution in [2.24, 2.45) is 5.14 Å². The van der Waals surface area contributed by atoms with Crippen molar-refractivity contribution in [2.45, 2.75) is 38.0 Å². The van der Waals surface area contributed by atoms with E-state index in [2.05, 4.69) is 0 Å². The number of hydrogen-bond donors (Lipinski definition) is 2. The summed E-state index contributed by atoms with van der Waals surface area (Å²) >= 11 is 0. The average Bonchev–Trinajstić information content (AvgIpc) is 2.17. The van der Waals surface area contributed by atoms with Gasteiger partial charge in [-0.05, 0) is 30.9 Å². The van der Waals surface area contributed by atoms with E-state index in [-0.39, 0.29) is 10.6 Å². The molecule has 0 atom stereocenters. The van der Waals surface area contributed by atoms with Crippen molar-refractivity contribution in [3.05, 3.63) is 23.3 Å².